The summed E-state index contributed by atoms with van der Waals surface area (Å²) < 4.78 is 5.71. The summed E-state index contributed by atoms with van der Waals surface area (Å²) in [6, 6.07) is 17.5. The van der Waals surface area contributed by atoms with Crippen LogP contribution in [0.1, 0.15) is 29.5 Å². The molecular weight excluding hydrogens is 282 g/mol. The summed E-state index contributed by atoms with van der Waals surface area (Å²) in [6.45, 7) is 4.26. The largest absolute Gasteiger partial charge is 0.490 e. The molecule has 3 atom stereocenters. The van der Waals surface area contributed by atoms with Gasteiger partial charge in [-0.05, 0) is 41.7 Å². The highest BCUT2D eigenvalue weighted by Crippen LogP contribution is 2.50. The monoisotopic (exact) mass is 303 g/mol. The number of nitrogens with one attached hydrogen (secondary N) is 1. The topological polar surface area (TPSA) is 21.3 Å². The van der Waals surface area contributed by atoms with Crippen LogP contribution in [0, 0.1) is 5.92 Å². The van der Waals surface area contributed by atoms with Gasteiger partial charge in [0, 0.05) is 11.6 Å². The summed E-state index contributed by atoms with van der Waals surface area (Å²) in [5, 5.41) is 3.75. The van der Waals surface area contributed by atoms with Crippen molar-refractivity contribution in [1.29, 1.82) is 0 Å². The first-order valence-corrected chi connectivity index (χ1v) is 8.22. The second-order valence-corrected chi connectivity index (χ2v) is 6.23. The van der Waals surface area contributed by atoms with Crippen LogP contribution in [0.15, 0.2) is 73.3 Å². The molecule has 0 amide bonds. The van der Waals surface area contributed by atoms with Crippen LogP contribution in [0.3, 0.4) is 0 Å². The van der Waals surface area contributed by atoms with Crippen molar-refractivity contribution in [3.63, 3.8) is 0 Å². The molecule has 1 N–H and O–H groups in total. The number of benzene rings is 2. The molecule has 0 saturated carbocycles. The van der Waals surface area contributed by atoms with Crippen molar-refractivity contribution in [3.05, 3.63) is 84.5 Å². The maximum Gasteiger partial charge on any atom is 0.120 e. The average molecular weight is 303 g/mol. The number of anilines is 1. The van der Waals surface area contributed by atoms with E-state index in [2.05, 4.69) is 66.5 Å². The van der Waals surface area contributed by atoms with E-state index < -0.39 is 0 Å². The highest BCUT2D eigenvalue weighted by atomic mass is 16.5. The van der Waals surface area contributed by atoms with Gasteiger partial charge in [0.1, 0.15) is 12.4 Å². The van der Waals surface area contributed by atoms with Gasteiger partial charge >= 0.3 is 0 Å². The van der Waals surface area contributed by atoms with Gasteiger partial charge in [-0.25, -0.2) is 0 Å². The van der Waals surface area contributed by atoms with E-state index in [0.717, 1.165) is 12.2 Å². The Balaban J connectivity index is 1.70. The van der Waals surface area contributed by atoms with Gasteiger partial charge in [-0.15, -0.1) is 0 Å². The fraction of sp³-hybridized carbons (Fsp3) is 0.238. The van der Waals surface area contributed by atoms with Gasteiger partial charge in [-0.3, -0.25) is 0 Å². The maximum absolute atomic E-state index is 5.71. The Morgan fingerprint density at radius 1 is 1.17 bits per heavy atom. The Morgan fingerprint density at radius 3 is 2.87 bits per heavy atom. The number of fused-ring (bicyclic) bond motifs is 3. The van der Waals surface area contributed by atoms with Crippen molar-refractivity contribution in [1.82, 2.24) is 0 Å². The van der Waals surface area contributed by atoms with Crippen LogP contribution in [0.4, 0.5) is 5.69 Å². The minimum atomic E-state index is 0.364. The lowest BCUT2D eigenvalue weighted by Gasteiger charge is -2.37. The zero-order chi connectivity index (χ0) is 15.6. The van der Waals surface area contributed by atoms with Crippen molar-refractivity contribution in [2.45, 2.75) is 18.4 Å². The van der Waals surface area contributed by atoms with Crippen LogP contribution in [0.25, 0.3) is 0 Å². The molecule has 4 rings (SSSR count). The molecule has 0 spiro atoms. The highest BCUT2D eigenvalue weighted by Gasteiger charge is 2.37. The summed E-state index contributed by atoms with van der Waals surface area (Å²) in [5.41, 5.74) is 3.93. The van der Waals surface area contributed by atoms with E-state index in [0.29, 0.717) is 24.5 Å². The molecule has 116 valence electrons. The van der Waals surface area contributed by atoms with E-state index in [1.807, 2.05) is 6.07 Å². The Labute approximate surface area is 137 Å². The van der Waals surface area contributed by atoms with E-state index >= 15 is 0 Å². The van der Waals surface area contributed by atoms with E-state index in [9.17, 15) is 0 Å². The highest BCUT2D eigenvalue weighted by molar-refractivity contribution is 5.61. The lowest BCUT2D eigenvalue weighted by atomic mass is 9.77. The summed E-state index contributed by atoms with van der Waals surface area (Å²) in [7, 11) is 0. The number of hydrogen-bond acceptors (Lipinski definition) is 2. The third kappa shape index (κ3) is 2.55. The lowest BCUT2D eigenvalue weighted by Crippen LogP contribution is -2.29. The van der Waals surface area contributed by atoms with Gasteiger partial charge in [0.2, 0.25) is 0 Å². The normalized spacial score (nSPS) is 24.4. The van der Waals surface area contributed by atoms with Gasteiger partial charge < -0.3 is 10.1 Å². The Morgan fingerprint density at radius 2 is 2.04 bits per heavy atom. The summed E-state index contributed by atoms with van der Waals surface area (Å²) in [4.78, 5) is 0. The van der Waals surface area contributed by atoms with Crippen LogP contribution in [-0.2, 0) is 0 Å². The van der Waals surface area contributed by atoms with Crippen LogP contribution >= 0.6 is 0 Å². The Hall–Kier alpha value is -2.48. The van der Waals surface area contributed by atoms with Gasteiger partial charge in [-0.2, -0.15) is 0 Å². The quantitative estimate of drug-likeness (QED) is 0.795. The zero-order valence-electron chi connectivity index (χ0n) is 13.1. The third-order valence-corrected chi connectivity index (χ3v) is 4.86. The van der Waals surface area contributed by atoms with Crippen LogP contribution in [0.5, 0.6) is 5.75 Å². The summed E-state index contributed by atoms with van der Waals surface area (Å²) in [6.07, 6.45) is 7.58. The number of rotatable bonds is 4. The number of ether oxygens (including phenoxy) is 1. The molecule has 2 heteroatoms. The summed E-state index contributed by atoms with van der Waals surface area (Å²) in [5.74, 6) is 1.95. The molecule has 2 nitrogen and oxygen atoms in total. The van der Waals surface area contributed by atoms with Crippen molar-refractivity contribution in [2.24, 2.45) is 5.92 Å². The fourth-order valence-electron chi connectivity index (χ4n) is 3.81. The van der Waals surface area contributed by atoms with E-state index in [1.54, 1.807) is 6.08 Å². The van der Waals surface area contributed by atoms with Crippen LogP contribution < -0.4 is 10.1 Å². The van der Waals surface area contributed by atoms with Gasteiger partial charge in [0.15, 0.2) is 0 Å². The average Bonchev–Trinajstić information content (AvgIpc) is 3.10. The minimum Gasteiger partial charge on any atom is -0.490 e. The molecule has 1 aliphatic heterocycles. The first-order chi connectivity index (χ1) is 11.4. The minimum absolute atomic E-state index is 0.364. The first-order valence-electron chi connectivity index (χ1n) is 8.22. The van der Waals surface area contributed by atoms with Gasteiger partial charge in [0.25, 0.3) is 0 Å². The summed E-state index contributed by atoms with van der Waals surface area (Å²) >= 11 is 0. The van der Waals surface area contributed by atoms with Gasteiger partial charge in [0.05, 0.1) is 6.04 Å². The molecule has 0 radical (unpaired) electrons. The lowest BCUT2D eigenvalue weighted by molar-refractivity contribution is 0.361. The fourth-order valence-corrected chi connectivity index (χ4v) is 3.81. The molecule has 1 aliphatic carbocycles. The molecular formula is C21H21NO. The second kappa shape index (κ2) is 5.96. The predicted octanol–water partition coefficient (Wildman–Crippen LogP) is 5.08. The van der Waals surface area contributed by atoms with Crippen molar-refractivity contribution < 1.29 is 4.74 Å². The zero-order valence-corrected chi connectivity index (χ0v) is 13.1. The van der Waals surface area contributed by atoms with Crippen molar-refractivity contribution in [2.75, 3.05) is 11.9 Å². The van der Waals surface area contributed by atoms with Gasteiger partial charge in [-0.1, -0.05) is 55.1 Å². The van der Waals surface area contributed by atoms with Crippen molar-refractivity contribution in [3.8, 4) is 5.75 Å². The van der Waals surface area contributed by atoms with Crippen molar-refractivity contribution >= 4 is 5.69 Å². The molecule has 2 aromatic rings. The van der Waals surface area contributed by atoms with Crippen LogP contribution in [-0.4, -0.2) is 6.61 Å². The molecule has 23 heavy (non-hydrogen) atoms. The molecule has 0 fully saturated rings. The maximum atomic E-state index is 5.71. The Kier molecular flexibility index (Phi) is 3.66. The van der Waals surface area contributed by atoms with Crippen LogP contribution in [0.2, 0.25) is 0 Å². The predicted molar refractivity (Wildman–Crippen MR) is 94.9 cm³/mol. The number of allylic oxidation sites excluding steroid dienone is 2. The first kappa shape index (κ1) is 14.1. The molecule has 2 aromatic carbocycles. The molecule has 0 bridgehead atoms. The van der Waals surface area contributed by atoms with E-state index in [1.165, 1.54) is 16.8 Å². The van der Waals surface area contributed by atoms with E-state index in [4.69, 9.17) is 4.74 Å². The van der Waals surface area contributed by atoms with E-state index in [-0.39, 0.29) is 0 Å². The smallest absolute Gasteiger partial charge is 0.120 e. The molecule has 1 heterocycles. The Bertz CT molecular complexity index is 735. The standard InChI is InChI=1S/C21H21NO/c1-2-13-23-16-11-12-20-19(14-16)17-9-6-10-18(17)21(22-20)15-7-4-3-5-8-15/h2-9,11-12,14,17-18,21-22H,1,10,13H2. The second-order valence-electron chi connectivity index (χ2n) is 6.23. The molecule has 0 saturated heterocycles. The molecule has 2 aliphatic rings. The molecule has 3 unspecified atom stereocenters. The SMILES string of the molecule is C=CCOc1ccc2c(c1)C1C=CCC1C(c1ccccc1)N2. The third-order valence-electron chi connectivity index (χ3n) is 4.86. The number of hydrogen-bond donors (Lipinski definition) is 1. The molecule has 0 aromatic heterocycles.